The summed E-state index contributed by atoms with van der Waals surface area (Å²) >= 11 is 1.57. The predicted molar refractivity (Wildman–Crippen MR) is 148 cm³/mol. The van der Waals surface area contributed by atoms with E-state index in [9.17, 15) is 8.42 Å². The van der Waals surface area contributed by atoms with Crippen LogP contribution in [0.5, 0.6) is 11.5 Å². The van der Waals surface area contributed by atoms with E-state index in [4.69, 9.17) is 4.74 Å². The fraction of sp³-hybridized carbons (Fsp3) is 0.148. The van der Waals surface area contributed by atoms with Gasteiger partial charge in [-0.15, -0.1) is 11.3 Å². The molecule has 0 bridgehead atoms. The van der Waals surface area contributed by atoms with Crippen molar-refractivity contribution in [1.82, 2.24) is 20.3 Å². The summed E-state index contributed by atoms with van der Waals surface area (Å²) in [4.78, 5) is 14.4. The van der Waals surface area contributed by atoms with Gasteiger partial charge in [-0.25, -0.2) is 23.4 Å². The Kier molecular flexibility index (Phi) is 7.40. The van der Waals surface area contributed by atoms with Crippen molar-refractivity contribution in [3.05, 3.63) is 90.3 Å². The van der Waals surface area contributed by atoms with E-state index in [0.29, 0.717) is 18.9 Å². The number of hydrogen-bond acceptors (Lipinski definition) is 9. The number of anilines is 2. The Balaban J connectivity index is 1.26. The molecule has 2 N–H and O–H groups in total. The van der Waals surface area contributed by atoms with E-state index < -0.39 is 9.84 Å². The highest BCUT2D eigenvalue weighted by molar-refractivity contribution is 7.90. The lowest BCUT2D eigenvalue weighted by atomic mass is 10.1. The molecule has 2 aromatic heterocycles. The Morgan fingerprint density at radius 2 is 1.70 bits per heavy atom. The van der Waals surface area contributed by atoms with E-state index in [-0.39, 0.29) is 5.75 Å². The summed E-state index contributed by atoms with van der Waals surface area (Å²) in [5.74, 6) is 2.37. The van der Waals surface area contributed by atoms with Gasteiger partial charge in [-0.05, 0) is 54.1 Å². The number of sulfone groups is 1. The van der Waals surface area contributed by atoms with Crippen LogP contribution in [0.4, 0.5) is 11.5 Å². The van der Waals surface area contributed by atoms with Crippen LogP contribution in [-0.4, -0.2) is 41.9 Å². The molecule has 0 aliphatic rings. The standard InChI is InChI=1S/C27H25N5O3S2/c1-37(33,34)14-13-28-17-26-29-16-25(36-26)19-7-12-23-24(15-19)30-18-31-27(23)32-20-8-10-22(11-9-20)35-21-5-3-2-4-6-21/h2-12,15-16,18,28H,13-14,17H2,1H3,(H,30,31,32). The minimum Gasteiger partial charge on any atom is -0.457 e. The summed E-state index contributed by atoms with van der Waals surface area (Å²) in [6, 6.07) is 23.4. The Bertz CT molecular complexity index is 1600. The molecule has 5 rings (SSSR count). The zero-order valence-electron chi connectivity index (χ0n) is 20.1. The average molecular weight is 532 g/mol. The van der Waals surface area contributed by atoms with Gasteiger partial charge in [-0.2, -0.15) is 0 Å². The van der Waals surface area contributed by atoms with Crippen molar-refractivity contribution in [3.63, 3.8) is 0 Å². The van der Waals surface area contributed by atoms with Crippen LogP contribution in [0, 0.1) is 0 Å². The van der Waals surface area contributed by atoms with Crippen molar-refractivity contribution < 1.29 is 13.2 Å². The first kappa shape index (κ1) is 24.8. The quantitative estimate of drug-likeness (QED) is 0.230. The summed E-state index contributed by atoms with van der Waals surface area (Å²) < 4.78 is 28.4. The van der Waals surface area contributed by atoms with Crippen molar-refractivity contribution in [3.8, 4) is 21.9 Å². The van der Waals surface area contributed by atoms with Gasteiger partial charge in [0.25, 0.3) is 0 Å². The lowest BCUT2D eigenvalue weighted by Crippen LogP contribution is -2.21. The smallest absolute Gasteiger partial charge is 0.148 e. The van der Waals surface area contributed by atoms with Gasteiger partial charge in [0.2, 0.25) is 0 Å². The van der Waals surface area contributed by atoms with Gasteiger partial charge in [0, 0.05) is 36.6 Å². The Morgan fingerprint density at radius 3 is 2.49 bits per heavy atom. The molecule has 0 aliphatic heterocycles. The molecule has 0 unspecified atom stereocenters. The number of aromatic nitrogens is 3. The number of para-hydroxylation sites is 1. The fourth-order valence-electron chi connectivity index (χ4n) is 3.66. The van der Waals surface area contributed by atoms with Crippen LogP contribution in [-0.2, 0) is 16.4 Å². The zero-order chi connectivity index (χ0) is 25.7. The van der Waals surface area contributed by atoms with E-state index in [1.165, 1.54) is 6.26 Å². The topological polar surface area (TPSA) is 106 Å². The number of hydrogen-bond donors (Lipinski definition) is 2. The molecule has 5 aromatic rings. The number of fused-ring (bicyclic) bond motifs is 1. The first-order valence-electron chi connectivity index (χ1n) is 11.6. The number of ether oxygens (including phenoxy) is 1. The molecule has 0 fully saturated rings. The van der Waals surface area contributed by atoms with Crippen LogP contribution < -0.4 is 15.4 Å². The summed E-state index contributed by atoms with van der Waals surface area (Å²) in [6.07, 6.45) is 4.61. The highest BCUT2D eigenvalue weighted by Crippen LogP contribution is 2.31. The summed E-state index contributed by atoms with van der Waals surface area (Å²) in [7, 11) is -2.98. The molecule has 0 saturated carbocycles. The minimum absolute atomic E-state index is 0.109. The molecule has 0 amide bonds. The first-order chi connectivity index (χ1) is 17.9. The molecule has 0 aliphatic carbocycles. The summed E-state index contributed by atoms with van der Waals surface area (Å²) in [5, 5.41) is 8.31. The lowest BCUT2D eigenvalue weighted by Gasteiger charge is -2.10. The second kappa shape index (κ2) is 11.0. The molecule has 2 heterocycles. The number of thiazole rings is 1. The largest absolute Gasteiger partial charge is 0.457 e. The van der Waals surface area contributed by atoms with Gasteiger partial charge in [0.15, 0.2) is 0 Å². The van der Waals surface area contributed by atoms with Crippen LogP contribution in [0.15, 0.2) is 85.3 Å². The Labute approximate surface area is 219 Å². The molecule has 0 radical (unpaired) electrons. The molecule has 3 aromatic carbocycles. The highest BCUT2D eigenvalue weighted by atomic mass is 32.2. The maximum absolute atomic E-state index is 11.3. The third kappa shape index (κ3) is 6.67. The normalized spacial score (nSPS) is 11.5. The van der Waals surface area contributed by atoms with Gasteiger partial charge in [0.1, 0.15) is 38.5 Å². The molecule has 0 saturated heterocycles. The van der Waals surface area contributed by atoms with Gasteiger partial charge < -0.3 is 15.4 Å². The highest BCUT2D eigenvalue weighted by Gasteiger charge is 2.10. The van der Waals surface area contributed by atoms with E-state index in [0.717, 1.165) is 43.5 Å². The minimum atomic E-state index is -2.98. The number of nitrogens with zero attached hydrogens (tertiary/aromatic N) is 3. The first-order valence-corrected chi connectivity index (χ1v) is 14.5. The predicted octanol–water partition coefficient (Wildman–Crippen LogP) is 5.42. The van der Waals surface area contributed by atoms with Gasteiger partial charge in [-0.3, -0.25) is 0 Å². The van der Waals surface area contributed by atoms with Crippen LogP contribution >= 0.6 is 11.3 Å². The van der Waals surface area contributed by atoms with Crippen LogP contribution in [0.3, 0.4) is 0 Å². The van der Waals surface area contributed by atoms with E-state index >= 15 is 0 Å². The zero-order valence-corrected chi connectivity index (χ0v) is 21.7. The third-order valence-corrected chi connectivity index (χ3v) is 7.49. The molecule has 37 heavy (non-hydrogen) atoms. The molecular weight excluding hydrogens is 506 g/mol. The molecule has 10 heteroatoms. The van der Waals surface area contributed by atoms with Crippen molar-refractivity contribution in [2.45, 2.75) is 6.54 Å². The molecule has 8 nitrogen and oxygen atoms in total. The van der Waals surface area contributed by atoms with E-state index in [1.54, 1.807) is 17.7 Å². The molecular formula is C27H25N5O3S2. The Morgan fingerprint density at radius 1 is 0.919 bits per heavy atom. The maximum atomic E-state index is 11.3. The van der Waals surface area contributed by atoms with Crippen molar-refractivity contribution in [2.75, 3.05) is 23.9 Å². The lowest BCUT2D eigenvalue weighted by molar-refractivity contribution is 0.483. The molecule has 188 valence electrons. The SMILES string of the molecule is CS(=O)(=O)CCNCc1ncc(-c2ccc3c(Nc4ccc(Oc5ccccc5)cc4)ncnc3c2)s1. The number of nitrogens with one attached hydrogen (secondary N) is 2. The van der Waals surface area contributed by atoms with E-state index in [2.05, 4.69) is 25.6 Å². The second-order valence-electron chi connectivity index (χ2n) is 8.44. The maximum Gasteiger partial charge on any atom is 0.148 e. The average Bonchev–Trinajstić information content (AvgIpc) is 3.37. The third-order valence-electron chi connectivity index (χ3n) is 5.50. The van der Waals surface area contributed by atoms with Gasteiger partial charge in [0.05, 0.1) is 16.1 Å². The van der Waals surface area contributed by atoms with Crippen molar-refractivity contribution >= 4 is 43.6 Å². The molecule has 0 spiro atoms. The number of rotatable bonds is 10. The van der Waals surface area contributed by atoms with Crippen molar-refractivity contribution in [1.29, 1.82) is 0 Å². The monoisotopic (exact) mass is 531 g/mol. The van der Waals surface area contributed by atoms with Crippen molar-refractivity contribution in [2.24, 2.45) is 0 Å². The van der Waals surface area contributed by atoms with Gasteiger partial charge in [-0.1, -0.05) is 24.3 Å². The van der Waals surface area contributed by atoms with E-state index in [1.807, 2.05) is 79.0 Å². The van der Waals surface area contributed by atoms with Gasteiger partial charge >= 0.3 is 0 Å². The second-order valence-corrected chi connectivity index (χ2v) is 11.8. The summed E-state index contributed by atoms with van der Waals surface area (Å²) in [6.45, 7) is 0.929. The van der Waals surface area contributed by atoms with Crippen LogP contribution in [0.1, 0.15) is 5.01 Å². The number of benzene rings is 3. The fourth-order valence-corrected chi connectivity index (χ4v) is 5.05. The Hall–Kier alpha value is -3.86. The summed E-state index contributed by atoms with van der Waals surface area (Å²) in [5.41, 5.74) is 2.72. The molecule has 0 atom stereocenters. The van der Waals surface area contributed by atoms with Crippen LogP contribution in [0.25, 0.3) is 21.3 Å². The van der Waals surface area contributed by atoms with Crippen LogP contribution in [0.2, 0.25) is 0 Å².